The minimum absolute atomic E-state index is 0.0756. The van der Waals surface area contributed by atoms with E-state index in [4.69, 9.17) is 4.63 Å². The number of rotatable bonds is 3. The molecule has 124 valence electrons. The molecule has 4 aromatic rings. The summed E-state index contributed by atoms with van der Waals surface area (Å²) in [4.78, 5) is 16.8. The Labute approximate surface area is 141 Å². The van der Waals surface area contributed by atoms with Gasteiger partial charge in [-0.2, -0.15) is 0 Å². The molecule has 2 aromatic carbocycles. The molecule has 8 heteroatoms. The lowest BCUT2D eigenvalue weighted by molar-refractivity contribution is 0.102. The zero-order valence-electron chi connectivity index (χ0n) is 13.1. The van der Waals surface area contributed by atoms with Gasteiger partial charge in [0.05, 0.1) is 16.6 Å². The van der Waals surface area contributed by atoms with Crippen molar-refractivity contribution in [3.05, 3.63) is 59.9 Å². The van der Waals surface area contributed by atoms with Crippen molar-refractivity contribution in [1.29, 1.82) is 0 Å². The van der Waals surface area contributed by atoms with Crippen LogP contribution in [0.1, 0.15) is 10.4 Å². The maximum atomic E-state index is 13.8. The second-order valence-electron chi connectivity index (χ2n) is 5.38. The van der Waals surface area contributed by atoms with Crippen molar-refractivity contribution in [1.82, 2.24) is 19.9 Å². The average molecular weight is 337 g/mol. The van der Waals surface area contributed by atoms with Crippen LogP contribution in [-0.2, 0) is 7.05 Å². The first-order valence-corrected chi connectivity index (χ1v) is 7.45. The third kappa shape index (κ3) is 2.53. The Balaban J connectivity index is 1.72. The van der Waals surface area contributed by atoms with Crippen LogP contribution >= 0.6 is 0 Å². The van der Waals surface area contributed by atoms with Crippen LogP contribution in [0.4, 0.5) is 10.2 Å². The highest BCUT2D eigenvalue weighted by Crippen LogP contribution is 2.27. The van der Waals surface area contributed by atoms with Crippen LogP contribution in [0.5, 0.6) is 0 Å². The molecule has 0 aliphatic heterocycles. The molecule has 1 N–H and O–H groups in total. The Morgan fingerprint density at radius 2 is 1.88 bits per heavy atom. The van der Waals surface area contributed by atoms with E-state index in [1.165, 1.54) is 18.2 Å². The number of nitrogens with zero attached hydrogens (tertiary/aromatic N) is 4. The summed E-state index contributed by atoms with van der Waals surface area (Å²) < 4.78 is 20.3. The standard InChI is InChI=1S/C17H12FN5O2/c1-23-13-9-5-4-8-12(13)19-16(23)14-15(22-25-21-14)20-17(24)10-6-2-3-7-11(10)18/h2-9H,1H3,(H,20,22,24). The van der Waals surface area contributed by atoms with Crippen LogP contribution in [0.25, 0.3) is 22.6 Å². The number of halogens is 1. The number of aryl methyl sites for hydroxylation is 1. The summed E-state index contributed by atoms with van der Waals surface area (Å²) >= 11 is 0. The zero-order valence-corrected chi connectivity index (χ0v) is 13.1. The number of nitrogens with one attached hydrogen (secondary N) is 1. The molecule has 7 nitrogen and oxygen atoms in total. The number of carbonyl (C=O) groups is 1. The molecule has 0 saturated carbocycles. The number of imidazole rings is 1. The molecule has 0 fully saturated rings. The predicted molar refractivity (Wildman–Crippen MR) is 88.4 cm³/mol. The molecule has 25 heavy (non-hydrogen) atoms. The van der Waals surface area contributed by atoms with Crippen molar-refractivity contribution < 1.29 is 13.8 Å². The second kappa shape index (κ2) is 5.82. The molecule has 0 aliphatic rings. The molecule has 0 bridgehead atoms. The molecule has 0 radical (unpaired) electrons. The molecule has 0 spiro atoms. The first-order chi connectivity index (χ1) is 12.1. The van der Waals surface area contributed by atoms with Gasteiger partial charge < -0.3 is 9.88 Å². The molecule has 0 atom stereocenters. The van der Waals surface area contributed by atoms with Gasteiger partial charge in [0, 0.05) is 7.05 Å². The van der Waals surface area contributed by atoms with Crippen molar-refractivity contribution in [2.75, 3.05) is 5.32 Å². The van der Waals surface area contributed by atoms with Crippen LogP contribution in [0.3, 0.4) is 0 Å². The van der Waals surface area contributed by atoms with Crippen LogP contribution < -0.4 is 5.32 Å². The van der Waals surface area contributed by atoms with Gasteiger partial charge in [-0.05, 0) is 34.6 Å². The highest BCUT2D eigenvalue weighted by atomic mass is 19.1. The number of hydrogen-bond acceptors (Lipinski definition) is 5. The van der Waals surface area contributed by atoms with Gasteiger partial charge in [-0.3, -0.25) is 4.79 Å². The number of carbonyl (C=O) groups excluding carboxylic acids is 1. The molecule has 1 amide bonds. The second-order valence-corrected chi connectivity index (χ2v) is 5.38. The van der Waals surface area contributed by atoms with E-state index in [1.807, 2.05) is 35.9 Å². The predicted octanol–water partition coefficient (Wildman–Crippen LogP) is 3.01. The lowest BCUT2D eigenvalue weighted by atomic mass is 10.2. The van der Waals surface area contributed by atoms with E-state index >= 15 is 0 Å². The Bertz CT molecular complexity index is 1090. The van der Waals surface area contributed by atoms with Gasteiger partial charge in [0.15, 0.2) is 11.5 Å². The van der Waals surface area contributed by atoms with E-state index in [-0.39, 0.29) is 17.1 Å². The number of amides is 1. The topological polar surface area (TPSA) is 85.8 Å². The van der Waals surface area contributed by atoms with E-state index in [0.29, 0.717) is 5.82 Å². The number of aromatic nitrogens is 4. The Kier molecular flexibility index (Phi) is 3.50. The van der Waals surface area contributed by atoms with E-state index < -0.39 is 11.7 Å². The average Bonchev–Trinajstić information content (AvgIpc) is 3.20. The highest BCUT2D eigenvalue weighted by molar-refractivity contribution is 6.05. The van der Waals surface area contributed by atoms with Gasteiger partial charge >= 0.3 is 0 Å². The third-order valence-corrected chi connectivity index (χ3v) is 3.84. The van der Waals surface area contributed by atoms with Gasteiger partial charge in [0.1, 0.15) is 5.82 Å². The minimum atomic E-state index is -0.645. The number of anilines is 1. The molecule has 0 saturated heterocycles. The summed E-state index contributed by atoms with van der Waals surface area (Å²) in [7, 11) is 1.82. The minimum Gasteiger partial charge on any atom is -0.326 e. The monoisotopic (exact) mass is 337 g/mol. The summed E-state index contributed by atoms with van der Waals surface area (Å²) in [6.45, 7) is 0. The van der Waals surface area contributed by atoms with Crippen LogP contribution in [0.15, 0.2) is 53.2 Å². The fourth-order valence-electron chi connectivity index (χ4n) is 2.59. The smallest absolute Gasteiger partial charge is 0.259 e. The molecule has 4 rings (SSSR count). The van der Waals surface area contributed by atoms with E-state index in [0.717, 1.165) is 11.0 Å². The Morgan fingerprint density at radius 3 is 2.68 bits per heavy atom. The Hall–Kier alpha value is -3.55. The molecule has 2 heterocycles. The van der Waals surface area contributed by atoms with Gasteiger partial charge in [0.2, 0.25) is 5.82 Å². The van der Waals surface area contributed by atoms with Gasteiger partial charge in [0.25, 0.3) is 5.91 Å². The lowest BCUT2D eigenvalue weighted by Gasteiger charge is -2.04. The fraction of sp³-hybridized carbons (Fsp3) is 0.0588. The third-order valence-electron chi connectivity index (χ3n) is 3.84. The Morgan fingerprint density at radius 1 is 1.12 bits per heavy atom. The fourth-order valence-corrected chi connectivity index (χ4v) is 2.59. The first kappa shape index (κ1) is 15.0. The summed E-state index contributed by atoms with van der Waals surface area (Å²) in [5.41, 5.74) is 1.84. The maximum Gasteiger partial charge on any atom is 0.259 e. The van der Waals surface area contributed by atoms with Gasteiger partial charge in [-0.25, -0.2) is 14.0 Å². The summed E-state index contributed by atoms with van der Waals surface area (Å²) in [5.74, 6) is -0.715. The van der Waals surface area contributed by atoms with Crippen molar-refractivity contribution in [3.63, 3.8) is 0 Å². The quantitative estimate of drug-likeness (QED) is 0.621. The number of para-hydroxylation sites is 2. The first-order valence-electron chi connectivity index (χ1n) is 7.45. The summed E-state index contributed by atoms with van der Waals surface area (Å²) in [6, 6.07) is 13.2. The summed E-state index contributed by atoms with van der Waals surface area (Å²) in [6.07, 6.45) is 0. The number of benzene rings is 2. The van der Waals surface area contributed by atoms with Crippen molar-refractivity contribution >= 4 is 22.8 Å². The van der Waals surface area contributed by atoms with E-state index in [9.17, 15) is 9.18 Å². The molecule has 0 aliphatic carbocycles. The zero-order chi connectivity index (χ0) is 17.4. The maximum absolute atomic E-state index is 13.8. The van der Waals surface area contributed by atoms with Crippen LogP contribution in [-0.4, -0.2) is 25.8 Å². The molecular formula is C17H12FN5O2. The van der Waals surface area contributed by atoms with E-state index in [2.05, 4.69) is 20.6 Å². The summed E-state index contributed by atoms with van der Waals surface area (Å²) in [5, 5.41) is 10.1. The molecular weight excluding hydrogens is 325 g/mol. The normalized spacial score (nSPS) is 11.0. The van der Waals surface area contributed by atoms with Crippen LogP contribution in [0.2, 0.25) is 0 Å². The van der Waals surface area contributed by atoms with Gasteiger partial charge in [-0.1, -0.05) is 24.3 Å². The SMILES string of the molecule is Cn1c(-c2nonc2NC(=O)c2ccccc2F)nc2ccccc21. The van der Waals surface area contributed by atoms with Crippen LogP contribution in [0, 0.1) is 5.82 Å². The molecule has 2 aromatic heterocycles. The highest BCUT2D eigenvalue weighted by Gasteiger charge is 2.21. The van der Waals surface area contributed by atoms with E-state index in [1.54, 1.807) is 6.07 Å². The number of hydrogen-bond donors (Lipinski definition) is 1. The van der Waals surface area contributed by atoms with Crippen molar-refractivity contribution in [2.24, 2.45) is 7.05 Å². The largest absolute Gasteiger partial charge is 0.326 e. The molecule has 0 unspecified atom stereocenters. The van der Waals surface area contributed by atoms with Gasteiger partial charge in [-0.15, -0.1) is 0 Å². The van der Waals surface area contributed by atoms with Crippen molar-refractivity contribution in [3.8, 4) is 11.5 Å². The number of fused-ring (bicyclic) bond motifs is 1. The van der Waals surface area contributed by atoms with Crippen molar-refractivity contribution in [2.45, 2.75) is 0 Å². The lowest BCUT2D eigenvalue weighted by Crippen LogP contribution is -2.14.